The van der Waals surface area contributed by atoms with Gasteiger partial charge in [0.1, 0.15) is 5.69 Å². The third-order valence-corrected chi connectivity index (χ3v) is 3.05. The van der Waals surface area contributed by atoms with E-state index in [0.717, 1.165) is 12.1 Å². The highest BCUT2D eigenvalue weighted by molar-refractivity contribution is 5.93. The Hall–Kier alpha value is -2.44. The van der Waals surface area contributed by atoms with E-state index in [-0.39, 0.29) is 11.5 Å². The quantitative estimate of drug-likeness (QED) is 0.869. The molecule has 0 aliphatic carbocycles. The number of benzene rings is 1. The number of nitrogens with one attached hydrogen (secondary N) is 1. The van der Waals surface area contributed by atoms with Crippen molar-refractivity contribution in [1.29, 1.82) is 0 Å². The normalized spacial score (nSPS) is 11.4. The zero-order valence-corrected chi connectivity index (χ0v) is 12.2. The summed E-state index contributed by atoms with van der Waals surface area (Å²) in [5.41, 5.74) is 0.989. The lowest BCUT2D eigenvalue weighted by Gasteiger charge is -2.12. The lowest BCUT2D eigenvalue weighted by Crippen LogP contribution is -2.08. The van der Waals surface area contributed by atoms with Gasteiger partial charge in [-0.25, -0.2) is 9.97 Å². The fourth-order valence-electron chi connectivity index (χ4n) is 1.93. The third kappa shape index (κ3) is 3.41. The molecule has 0 radical (unpaired) electrons. The van der Waals surface area contributed by atoms with E-state index in [9.17, 15) is 18.0 Å². The van der Waals surface area contributed by atoms with Crippen molar-refractivity contribution in [3.63, 3.8) is 0 Å². The minimum Gasteiger partial charge on any atom is -0.339 e. The largest absolute Gasteiger partial charge is 0.416 e. The molecule has 1 aromatic heterocycles. The molecule has 0 spiro atoms. The van der Waals surface area contributed by atoms with Crippen molar-refractivity contribution in [2.75, 3.05) is 5.32 Å². The number of aryl methyl sites for hydroxylation is 2. The molecule has 2 rings (SSSR count). The first-order valence-electron chi connectivity index (χ1n) is 6.49. The summed E-state index contributed by atoms with van der Waals surface area (Å²) in [4.78, 5) is 19.8. The lowest BCUT2D eigenvalue weighted by molar-refractivity contribution is -0.137. The van der Waals surface area contributed by atoms with Crippen molar-refractivity contribution in [1.82, 2.24) is 9.97 Å². The van der Waals surface area contributed by atoms with Crippen LogP contribution in [0.5, 0.6) is 0 Å². The molecule has 0 bridgehead atoms. The number of aromatic nitrogens is 2. The van der Waals surface area contributed by atoms with E-state index in [0.29, 0.717) is 22.9 Å². The summed E-state index contributed by atoms with van der Waals surface area (Å²) in [5.74, 6) is 0.219. The average molecular weight is 309 g/mol. The summed E-state index contributed by atoms with van der Waals surface area (Å²) in [6.07, 6.45) is -4.37. The molecule has 1 heterocycles. The Bertz CT molecular complexity index is 709. The Morgan fingerprint density at radius 3 is 2.14 bits per heavy atom. The van der Waals surface area contributed by atoms with Gasteiger partial charge in [0.25, 0.3) is 0 Å². The number of carbonyl (C=O) groups excluding carboxylic acids is 1. The summed E-state index contributed by atoms with van der Waals surface area (Å²) in [7, 11) is 0. The van der Waals surface area contributed by atoms with Crippen LogP contribution in [-0.2, 0) is 6.18 Å². The van der Waals surface area contributed by atoms with E-state index in [1.807, 2.05) is 0 Å². The molecule has 0 atom stereocenters. The standard InChI is InChI=1S/C15H14F3N3O/c1-8-13(10(3)22)19-9(2)14(20-8)21-12-6-4-11(5-7-12)15(16,17)18/h4-7H,1-3H3,(H,20,21). The predicted molar refractivity (Wildman–Crippen MR) is 76.2 cm³/mol. The molecule has 4 nitrogen and oxygen atoms in total. The van der Waals surface area contributed by atoms with Gasteiger partial charge in [-0.1, -0.05) is 0 Å². The first-order chi connectivity index (χ1) is 10.2. The second kappa shape index (κ2) is 5.75. The number of carbonyl (C=O) groups is 1. The van der Waals surface area contributed by atoms with E-state index in [1.165, 1.54) is 19.1 Å². The topological polar surface area (TPSA) is 54.9 Å². The molecule has 7 heteroatoms. The summed E-state index contributed by atoms with van der Waals surface area (Å²) >= 11 is 0. The van der Waals surface area contributed by atoms with Gasteiger partial charge in [-0.15, -0.1) is 0 Å². The Balaban J connectivity index is 2.28. The van der Waals surface area contributed by atoms with Crippen molar-refractivity contribution in [2.24, 2.45) is 0 Å². The second-order valence-corrected chi connectivity index (χ2v) is 4.85. The summed E-state index contributed by atoms with van der Waals surface area (Å²) in [5, 5.41) is 2.91. The monoisotopic (exact) mass is 309 g/mol. The maximum Gasteiger partial charge on any atom is 0.416 e. The first kappa shape index (κ1) is 15.9. The molecule has 1 N–H and O–H groups in total. The van der Waals surface area contributed by atoms with Gasteiger partial charge in [-0.05, 0) is 38.1 Å². The van der Waals surface area contributed by atoms with Crippen molar-refractivity contribution >= 4 is 17.3 Å². The van der Waals surface area contributed by atoms with E-state index < -0.39 is 11.7 Å². The molecule has 0 aliphatic rings. The maximum absolute atomic E-state index is 12.5. The van der Waals surface area contributed by atoms with Crippen LogP contribution in [0, 0.1) is 13.8 Å². The molecule has 0 fully saturated rings. The van der Waals surface area contributed by atoms with Gasteiger partial charge in [0.05, 0.1) is 17.0 Å². The molecular weight excluding hydrogens is 295 g/mol. The van der Waals surface area contributed by atoms with Crippen LogP contribution in [0.15, 0.2) is 24.3 Å². The minimum atomic E-state index is -4.37. The van der Waals surface area contributed by atoms with Gasteiger partial charge in [-0.2, -0.15) is 13.2 Å². The van der Waals surface area contributed by atoms with E-state index in [4.69, 9.17) is 0 Å². The summed E-state index contributed by atoms with van der Waals surface area (Å²) in [6, 6.07) is 4.61. The fraction of sp³-hybridized carbons (Fsp3) is 0.267. The molecule has 2 aromatic rings. The van der Waals surface area contributed by atoms with Crippen molar-refractivity contribution in [3.8, 4) is 0 Å². The molecule has 22 heavy (non-hydrogen) atoms. The zero-order valence-electron chi connectivity index (χ0n) is 12.2. The highest BCUT2D eigenvalue weighted by Gasteiger charge is 2.29. The van der Waals surface area contributed by atoms with Crippen LogP contribution < -0.4 is 5.32 Å². The highest BCUT2D eigenvalue weighted by Crippen LogP contribution is 2.30. The smallest absolute Gasteiger partial charge is 0.339 e. The van der Waals surface area contributed by atoms with Gasteiger partial charge in [0.15, 0.2) is 11.6 Å². The number of nitrogens with zero attached hydrogens (tertiary/aromatic N) is 2. The third-order valence-electron chi connectivity index (χ3n) is 3.05. The average Bonchev–Trinajstić information content (AvgIpc) is 2.41. The Morgan fingerprint density at radius 1 is 1.05 bits per heavy atom. The second-order valence-electron chi connectivity index (χ2n) is 4.85. The Morgan fingerprint density at radius 2 is 1.64 bits per heavy atom. The van der Waals surface area contributed by atoms with E-state index in [1.54, 1.807) is 13.8 Å². The zero-order chi connectivity index (χ0) is 16.5. The van der Waals surface area contributed by atoms with Crippen LogP contribution in [-0.4, -0.2) is 15.8 Å². The fourth-order valence-corrected chi connectivity index (χ4v) is 1.93. The number of anilines is 2. The van der Waals surface area contributed by atoms with Crippen LogP contribution in [0.4, 0.5) is 24.7 Å². The van der Waals surface area contributed by atoms with Gasteiger partial charge >= 0.3 is 6.18 Å². The van der Waals surface area contributed by atoms with Crippen LogP contribution in [0.3, 0.4) is 0 Å². The molecule has 0 aliphatic heterocycles. The molecule has 0 amide bonds. The molecule has 0 unspecified atom stereocenters. The summed E-state index contributed by atoms with van der Waals surface area (Å²) in [6.45, 7) is 4.73. The Kier molecular flexibility index (Phi) is 4.16. The van der Waals surface area contributed by atoms with Crippen LogP contribution in [0.1, 0.15) is 34.4 Å². The summed E-state index contributed by atoms with van der Waals surface area (Å²) < 4.78 is 37.5. The van der Waals surface area contributed by atoms with Crippen molar-refractivity contribution in [3.05, 3.63) is 46.9 Å². The predicted octanol–water partition coefficient (Wildman–Crippen LogP) is 4.06. The van der Waals surface area contributed by atoms with Crippen molar-refractivity contribution < 1.29 is 18.0 Å². The molecule has 1 aromatic carbocycles. The molecule has 0 saturated carbocycles. The van der Waals surface area contributed by atoms with Gasteiger partial charge < -0.3 is 5.32 Å². The first-order valence-corrected chi connectivity index (χ1v) is 6.49. The Labute approximate surface area is 125 Å². The number of alkyl halides is 3. The number of ketones is 1. The maximum atomic E-state index is 12.5. The van der Waals surface area contributed by atoms with Crippen LogP contribution in [0.2, 0.25) is 0 Å². The van der Waals surface area contributed by atoms with Gasteiger partial charge in [0.2, 0.25) is 0 Å². The van der Waals surface area contributed by atoms with Gasteiger partial charge in [0, 0.05) is 12.6 Å². The van der Waals surface area contributed by atoms with Crippen molar-refractivity contribution in [2.45, 2.75) is 26.9 Å². The minimum absolute atomic E-state index is 0.186. The van der Waals surface area contributed by atoms with Crippen LogP contribution >= 0.6 is 0 Å². The lowest BCUT2D eigenvalue weighted by atomic mass is 10.2. The SMILES string of the molecule is CC(=O)c1nc(C)c(Nc2ccc(C(F)(F)F)cc2)nc1C. The molecule has 0 saturated heterocycles. The van der Waals surface area contributed by atoms with Gasteiger partial charge in [-0.3, -0.25) is 4.79 Å². The number of halogens is 3. The number of Topliss-reactive ketones (excluding diaryl/α,β-unsaturated/α-hetero) is 1. The molecule has 116 valence electrons. The van der Waals surface area contributed by atoms with Crippen LogP contribution in [0.25, 0.3) is 0 Å². The van der Waals surface area contributed by atoms with E-state index >= 15 is 0 Å². The highest BCUT2D eigenvalue weighted by atomic mass is 19.4. The molecular formula is C15H14F3N3O. The number of hydrogen-bond acceptors (Lipinski definition) is 4. The number of hydrogen-bond donors (Lipinski definition) is 1. The number of rotatable bonds is 3. The van der Waals surface area contributed by atoms with E-state index in [2.05, 4.69) is 15.3 Å².